The third-order valence-corrected chi connectivity index (χ3v) is 17.8. The van der Waals surface area contributed by atoms with Crippen LogP contribution in [0.5, 0.6) is 0 Å². The molecule has 0 saturated heterocycles. The Kier molecular flexibility index (Phi) is 8.71. The molecule has 52 heavy (non-hydrogen) atoms. The van der Waals surface area contributed by atoms with Crippen molar-refractivity contribution in [3.05, 3.63) is 95.6 Å². The number of allylic oxidation sites excluding steroid dienone is 8. The summed E-state index contributed by atoms with van der Waals surface area (Å²) in [6.07, 6.45) is 35.5. The van der Waals surface area contributed by atoms with Gasteiger partial charge < -0.3 is 0 Å². The van der Waals surface area contributed by atoms with Crippen molar-refractivity contribution in [1.29, 1.82) is 0 Å². The van der Waals surface area contributed by atoms with Gasteiger partial charge in [0.15, 0.2) is 0 Å². The predicted octanol–water partition coefficient (Wildman–Crippen LogP) is 13.3. The van der Waals surface area contributed by atoms with Crippen LogP contribution in [0.2, 0.25) is 0 Å². The van der Waals surface area contributed by atoms with Crippen molar-refractivity contribution in [3.8, 4) is 0 Å². The molecule has 0 spiro atoms. The van der Waals surface area contributed by atoms with E-state index in [-0.39, 0.29) is 0 Å². The normalized spacial score (nSPS) is 44.4. The van der Waals surface area contributed by atoms with E-state index >= 15 is 0 Å². The van der Waals surface area contributed by atoms with Gasteiger partial charge in [0.05, 0.1) is 5.69 Å². The maximum atomic E-state index is 4.71. The molecular formula is C50H66N2. The first-order valence-corrected chi connectivity index (χ1v) is 21.7. The fourth-order valence-electron chi connectivity index (χ4n) is 14.7. The van der Waals surface area contributed by atoms with Crippen LogP contribution >= 0.6 is 0 Å². The minimum absolute atomic E-state index is 0.333. The molecule has 8 aliphatic rings. The van der Waals surface area contributed by atoms with Crippen LogP contribution in [0.1, 0.15) is 143 Å². The van der Waals surface area contributed by atoms with E-state index in [1.165, 1.54) is 101 Å². The van der Waals surface area contributed by atoms with Crippen LogP contribution in [-0.2, 0) is 0 Å². The topological polar surface area (TPSA) is 25.8 Å². The molecule has 0 aliphatic heterocycles. The summed E-state index contributed by atoms with van der Waals surface area (Å²) >= 11 is 0. The zero-order valence-corrected chi connectivity index (χ0v) is 33.3. The van der Waals surface area contributed by atoms with E-state index < -0.39 is 0 Å². The molecule has 4 fully saturated rings. The van der Waals surface area contributed by atoms with Crippen LogP contribution in [-0.4, -0.2) is 9.97 Å². The van der Waals surface area contributed by atoms with Gasteiger partial charge in [0, 0.05) is 18.6 Å². The minimum atomic E-state index is 0.333. The van der Waals surface area contributed by atoms with Crippen molar-refractivity contribution in [2.24, 2.45) is 69.0 Å². The second-order valence-electron chi connectivity index (χ2n) is 20.3. The average molecular weight is 695 g/mol. The molecule has 2 aromatic heterocycles. The van der Waals surface area contributed by atoms with E-state index in [9.17, 15) is 0 Å². The van der Waals surface area contributed by atoms with Crippen molar-refractivity contribution < 1.29 is 0 Å². The molecule has 12 atom stereocenters. The molecule has 4 saturated carbocycles. The number of aromatic nitrogens is 2. The second kappa shape index (κ2) is 12.9. The zero-order chi connectivity index (χ0) is 35.9. The van der Waals surface area contributed by atoms with Crippen LogP contribution < -0.4 is 0 Å². The van der Waals surface area contributed by atoms with Crippen molar-refractivity contribution in [2.75, 3.05) is 0 Å². The number of pyridine rings is 2. The third-order valence-electron chi connectivity index (χ3n) is 17.8. The molecular weight excluding hydrogens is 629 g/mol. The molecule has 0 amide bonds. The van der Waals surface area contributed by atoms with Gasteiger partial charge >= 0.3 is 0 Å². The smallest absolute Gasteiger partial charge is 0.0664 e. The quantitative estimate of drug-likeness (QED) is 0.292. The number of nitrogens with zero attached hydrogens (tertiary/aromatic N) is 2. The lowest BCUT2D eigenvalue weighted by Gasteiger charge is -2.58. The predicted molar refractivity (Wildman–Crippen MR) is 217 cm³/mol. The van der Waals surface area contributed by atoms with E-state index in [1.807, 2.05) is 35.8 Å². The van der Waals surface area contributed by atoms with Crippen molar-refractivity contribution in [1.82, 2.24) is 9.97 Å². The standard InChI is InChI=1S/2C25H33N/c1-17-8-12-24(2)19(16-17)4-5-20-22-7-6-21(18-10-14-26-15-11-18)25(22,3)13-9-23(20)24;1-17-11-13-24(2)18(16-17)7-8-19-20-9-10-22(23-6-4-5-15-26-23)25(20,3)14-12-21(19)24/h4,6,10-11,14-15,17,20,22-23H,5,7-9,12-13,16H2,1-3H3;4-7,10,15,17,19-21H,8-9,11-14,16H2,1-3H3/t17-,20?,22?,23?,24-,25+;17-,19?,20?,21?,24-,25-/m00/s1. The van der Waals surface area contributed by atoms with E-state index in [4.69, 9.17) is 4.98 Å². The lowest BCUT2D eigenvalue weighted by molar-refractivity contribution is -0.0138. The lowest BCUT2D eigenvalue weighted by Crippen LogP contribution is -2.49. The molecule has 10 rings (SSSR count). The van der Waals surface area contributed by atoms with E-state index in [0.29, 0.717) is 21.7 Å². The van der Waals surface area contributed by atoms with Gasteiger partial charge in [-0.15, -0.1) is 0 Å². The Bertz CT molecular complexity index is 1650. The van der Waals surface area contributed by atoms with Gasteiger partial charge in [0.25, 0.3) is 0 Å². The molecule has 2 nitrogen and oxygen atoms in total. The molecule has 0 aromatic carbocycles. The van der Waals surface area contributed by atoms with Crippen molar-refractivity contribution in [3.63, 3.8) is 0 Å². The van der Waals surface area contributed by atoms with Crippen LogP contribution in [0, 0.1) is 69.0 Å². The minimum Gasteiger partial charge on any atom is -0.265 e. The summed E-state index contributed by atoms with van der Waals surface area (Å²) in [5.41, 5.74) is 11.1. The van der Waals surface area contributed by atoms with Crippen LogP contribution in [0.4, 0.5) is 0 Å². The maximum absolute atomic E-state index is 4.71. The summed E-state index contributed by atoms with van der Waals surface area (Å²) in [5.74, 6) is 7.00. The highest BCUT2D eigenvalue weighted by Crippen LogP contribution is 2.68. The number of fused-ring (bicyclic) bond motifs is 10. The molecule has 6 unspecified atom stereocenters. The Morgan fingerprint density at radius 1 is 0.519 bits per heavy atom. The van der Waals surface area contributed by atoms with Gasteiger partial charge in [-0.1, -0.05) is 83.1 Å². The Hall–Kier alpha value is -2.74. The Morgan fingerprint density at radius 2 is 1.04 bits per heavy atom. The monoisotopic (exact) mass is 695 g/mol. The first-order valence-electron chi connectivity index (χ1n) is 21.7. The maximum Gasteiger partial charge on any atom is 0.0664 e. The molecule has 0 N–H and O–H groups in total. The fraction of sp³-hybridized carbons (Fsp3) is 0.640. The van der Waals surface area contributed by atoms with Crippen LogP contribution in [0.25, 0.3) is 11.1 Å². The number of hydrogen-bond donors (Lipinski definition) is 0. The van der Waals surface area contributed by atoms with Gasteiger partial charge in [-0.05, 0) is 200 Å². The summed E-state index contributed by atoms with van der Waals surface area (Å²) in [5, 5.41) is 0. The summed E-state index contributed by atoms with van der Waals surface area (Å²) in [6, 6.07) is 10.8. The summed E-state index contributed by atoms with van der Waals surface area (Å²) < 4.78 is 0. The molecule has 2 aromatic rings. The molecule has 8 aliphatic carbocycles. The van der Waals surface area contributed by atoms with Gasteiger partial charge in [-0.25, -0.2) is 0 Å². The van der Waals surface area contributed by atoms with Crippen LogP contribution in [0.15, 0.2) is 84.4 Å². The highest BCUT2D eigenvalue weighted by molar-refractivity contribution is 5.73. The first kappa shape index (κ1) is 35.0. The number of rotatable bonds is 2. The molecule has 276 valence electrons. The van der Waals surface area contributed by atoms with E-state index in [1.54, 1.807) is 11.1 Å². The van der Waals surface area contributed by atoms with E-state index in [0.717, 1.165) is 47.3 Å². The highest BCUT2D eigenvalue weighted by Gasteiger charge is 2.58. The van der Waals surface area contributed by atoms with Gasteiger partial charge in [-0.3, -0.25) is 9.97 Å². The van der Waals surface area contributed by atoms with Crippen molar-refractivity contribution in [2.45, 2.75) is 131 Å². The Labute approximate surface area is 316 Å². The van der Waals surface area contributed by atoms with Gasteiger partial charge in [-0.2, -0.15) is 0 Å². The van der Waals surface area contributed by atoms with Gasteiger partial charge in [0.1, 0.15) is 0 Å². The lowest BCUT2D eigenvalue weighted by atomic mass is 9.47. The molecule has 2 heteroatoms. The second-order valence-corrected chi connectivity index (χ2v) is 20.3. The summed E-state index contributed by atoms with van der Waals surface area (Å²) in [4.78, 5) is 8.94. The Balaban J connectivity index is 0.000000138. The SMILES string of the molecule is C[C@H]1CC[C@@]2(C)C(=CCC3C2CC[C@]2(C)C(c4ccccn4)=CCC32)C1.C[C@H]1CC[C@@]2(C)C(=CCC3C2CC[C@]2(C)C(c4ccncc4)=CCC32)C1. The molecule has 0 bridgehead atoms. The Morgan fingerprint density at radius 3 is 1.58 bits per heavy atom. The van der Waals surface area contributed by atoms with Crippen molar-refractivity contribution >= 4 is 11.1 Å². The van der Waals surface area contributed by atoms with Crippen LogP contribution in [0.3, 0.4) is 0 Å². The summed E-state index contributed by atoms with van der Waals surface area (Å²) in [6.45, 7) is 15.3. The third kappa shape index (κ3) is 5.37. The van der Waals surface area contributed by atoms with E-state index in [2.05, 4.69) is 95.1 Å². The molecule has 2 heterocycles. The zero-order valence-electron chi connectivity index (χ0n) is 33.3. The number of hydrogen-bond acceptors (Lipinski definition) is 2. The first-order chi connectivity index (χ1) is 25.0. The largest absolute Gasteiger partial charge is 0.265 e. The average Bonchev–Trinajstić information content (AvgIpc) is 3.70. The molecule has 0 radical (unpaired) electrons. The summed E-state index contributed by atoms with van der Waals surface area (Å²) in [7, 11) is 0. The van der Waals surface area contributed by atoms with Gasteiger partial charge in [0.2, 0.25) is 0 Å². The highest BCUT2D eigenvalue weighted by atomic mass is 14.7. The fourth-order valence-corrected chi connectivity index (χ4v) is 14.7.